The van der Waals surface area contributed by atoms with Crippen LogP contribution in [-0.4, -0.2) is 10.8 Å². The van der Waals surface area contributed by atoms with Crippen molar-refractivity contribution >= 4 is 11.9 Å². The van der Waals surface area contributed by atoms with Crippen LogP contribution in [0.25, 0.3) is 5.69 Å². The number of hydrogen-bond acceptors (Lipinski definition) is 2. The standard InChI is InChI=1S/C19H15F4N3/c1-11-3-4-12(2)26(11)14-7-5-13(6-8-14)10-24-25-19-17(22)15(20)9-16(21)18(19)23/h3-10,25H,1-2H3/b24-10+. The average molecular weight is 361 g/mol. The molecule has 0 saturated carbocycles. The third kappa shape index (κ3) is 3.33. The van der Waals surface area contributed by atoms with Gasteiger partial charge in [0.25, 0.3) is 0 Å². The van der Waals surface area contributed by atoms with Crippen molar-refractivity contribution in [3.63, 3.8) is 0 Å². The topological polar surface area (TPSA) is 29.3 Å². The van der Waals surface area contributed by atoms with Gasteiger partial charge in [-0.05, 0) is 43.7 Å². The summed E-state index contributed by atoms with van der Waals surface area (Å²) in [5.41, 5.74) is 4.80. The van der Waals surface area contributed by atoms with Gasteiger partial charge in [0.05, 0.1) is 6.21 Å². The van der Waals surface area contributed by atoms with Crippen LogP contribution in [-0.2, 0) is 0 Å². The minimum absolute atomic E-state index is 0.142. The Labute approximate surface area is 147 Å². The van der Waals surface area contributed by atoms with Gasteiger partial charge in [-0.15, -0.1) is 0 Å². The molecule has 0 fully saturated rings. The van der Waals surface area contributed by atoms with Crippen LogP contribution in [0.15, 0.2) is 47.6 Å². The van der Waals surface area contributed by atoms with Gasteiger partial charge < -0.3 is 4.57 Å². The lowest BCUT2D eigenvalue weighted by Crippen LogP contribution is -2.03. The molecular formula is C19H15F4N3. The molecule has 0 saturated heterocycles. The zero-order valence-corrected chi connectivity index (χ0v) is 14.0. The van der Waals surface area contributed by atoms with Crippen LogP contribution >= 0.6 is 0 Å². The lowest BCUT2D eigenvalue weighted by Gasteiger charge is -2.09. The number of hydrogen-bond donors (Lipinski definition) is 1. The first-order chi connectivity index (χ1) is 12.4. The number of hydrazone groups is 1. The van der Waals surface area contributed by atoms with Crippen molar-refractivity contribution in [1.82, 2.24) is 4.57 Å². The van der Waals surface area contributed by atoms with E-state index in [4.69, 9.17) is 0 Å². The van der Waals surface area contributed by atoms with Crippen molar-refractivity contribution in [2.75, 3.05) is 5.43 Å². The van der Waals surface area contributed by atoms with Crippen molar-refractivity contribution in [1.29, 1.82) is 0 Å². The van der Waals surface area contributed by atoms with E-state index in [9.17, 15) is 17.6 Å². The first-order valence-electron chi connectivity index (χ1n) is 7.76. The molecule has 0 spiro atoms. The van der Waals surface area contributed by atoms with Crippen LogP contribution in [0.4, 0.5) is 23.2 Å². The third-order valence-corrected chi connectivity index (χ3v) is 3.92. The molecule has 0 bridgehead atoms. The zero-order chi connectivity index (χ0) is 18.8. The molecule has 3 nitrogen and oxygen atoms in total. The van der Waals surface area contributed by atoms with Gasteiger partial charge in [-0.3, -0.25) is 5.43 Å². The van der Waals surface area contributed by atoms with Crippen LogP contribution in [0.3, 0.4) is 0 Å². The number of anilines is 1. The summed E-state index contributed by atoms with van der Waals surface area (Å²) in [6.45, 7) is 3.99. The zero-order valence-electron chi connectivity index (χ0n) is 14.0. The number of nitrogens with one attached hydrogen (secondary N) is 1. The molecule has 0 amide bonds. The number of aryl methyl sites for hydroxylation is 2. The minimum atomic E-state index is -1.53. The Morgan fingerprint density at radius 1 is 0.846 bits per heavy atom. The van der Waals surface area contributed by atoms with E-state index >= 15 is 0 Å². The van der Waals surface area contributed by atoms with Crippen molar-refractivity contribution in [2.45, 2.75) is 13.8 Å². The maximum atomic E-state index is 13.5. The summed E-state index contributed by atoms with van der Waals surface area (Å²) in [4.78, 5) is 0. The van der Waals surface area contributed by atoms with Gasteiger partial charge in [0.15, 0.2) is 23.3 Å². The van der Waals surface area contributed by atoms with Gasteiger partial charge in [-0.25, -0.2) is 17.6 Å². The fraction of sp³-hybridized carbons (Fsp3) is 0.105. The van der Waals surface area contributed by atoms with E-state index in [0.29, 0.717) is 5.56 Å². The number of aromatic nitrogens is 1. The highest BCUT2D eigenvalue weighted by Crippen LogP contribution is 2.24. The molecule has 7 heteroatoms. The van der Waals surface area contributed by atoms with E-state index in [-0.39, 0.29) is 6.07 Å². The average Bonchev–Trinajstić information content (AvgIpc) is 2.95. The van der Waals surface area contributed by atoms with Gasteiger partial charge in [0, 0.05) is 23.1 Å². The Balaban J connectivity index is 1.78. The van der Waals surface area contributed by atoms with Crippen molar-refractivity contribution in [3.8, 4) is 5.69 Å². The first-order valence-corrected chi connectivity index (χ1v) is 7.76. The van der Waals surface area contributed by atoms with E-state index < -0.39 is 29.0 Å². The second kappa shape index (κ2) is 7.03. The van der Waals surface area contributed by atoms with Gasteiger partial charge in [0.1, 0.15) is 5.69 Å². The van der Waals surface area contributed by atoms with Gasteiger partial charge in [-0.2, -0.15) is 5.10 Å². The van der Waals surface area contributed by atoms with Crippen LogP contribution < -0.4 is 5.43 Å². The molecular weight excluding hydrogens is 346 g/mol. The molecule has 1 N–H and O–H groups in total. The number of benzene rings is 2. The maximum Gasteiger partial charge on any atom is 0.186 e. The Bertz CT molecular complexity index is 930. The van der Waals surface area contributed by atoms with Crippen LogP contribution in [0, 0.1) is 37.1 Å². The van der Waals surface area contributed by atoms with Crippen molar-refractivity contribution in [3.05, 3.63) is 82.7 Å². The Morgan fingerprint density at radius 2 is 1.38 bits per heavy atom. The lowest BCUT2D eigenvalue weighted by molar-refractivity contribution is 0.458. The maximum absolute atomic E-state index is 13.5. The highest BCUT2D eigenvalue weighted by molar-refractivity contribution is 5.80. The summed E-state index contributed by atoms with van der Waals surface area (Å²) in [6, 6.07) is 11.4. The Morgan fingerprint density at radius 3 is 1.92 bits per heavy atom. The molecule has 0 aliphatic heterocycles. The van der Waals surface area contributed by atoms with Crippen molar-refractivity contribution < 1.29 is 17.6 Å². The molecule has 3 aromatic rings. The Hall–Kier alpha value is -3.09. The summed E-state index contributed by atoms with van der Waals surface area (Å²) in [7, 11) is 0. The van der Waals surface area contributed by atoms with Gasteiger partial charge in [0.2, 0.25) is 0 Å². The van der Waals surface area contributed by atoms with Crippen LogP contribution in [0.2, 0.25) is 0 Å². The number of nitrogens with zero attached hydrogens (tertiary/aromatic N) is 2. The molecule has 26 heavy (non-hydrogen) atoms. The summed E-state index contributed by atoms with van der Waals surface area (Å²) >= 11 is 0. The molecule has 0 atom stereocenters. The molecule has 1 heterocycles. The largest absolute Gasteiger partial charge is 0.319 e. The van der Waals surface area contributed by atoms with Crippen LogP contribution in [0.5, 0.6) is 0 Å². The normalized spacial score (nSPS) is 11.3. The molecule has 1 aromatic heterocycles. The highest BCUT2D eigenvalue weighted by atomic mass is 19.2. The molecule has 0 unspecified atom stereocenters. The quantitative estimate of drug-likeness (QED) is 0.298. The van der Waals surface area contributed by atoms with E-state index in [0.717, 1.165) is 17.1 Å². The number of halogens is 4. The smallest absolute Gasteiger partial charge is 0.186 e. The predicted octanol–water partition coefficient (Wildman–Crippen LogP) is 5.10. The highest BCUT2D eigenvalue weighted by Gasteiger charge is 2.18. The minimum Gasteiger partial charge on any atom is -0.319 e. The fourth-order valence-electron chi connectivity index (χ4n) is 2.63. The summed E-state index contributed by atoms with van der Waals surface area (Å²) in [5, 5.41) is 3.65. The lowest BCUT2D eigenvalue weighted by atomic mass is 10.2. The van der Waals surface area contributed by atoms with E-state index in [1.807, 2.05) is 43.5 Å². The fourth-order valence-corrected chi connectivity index (χ4v) is 2.63. The van der Waals surface area contributed by atoms with Crippen LogP contribution in [0.1, 0.15) is 17.0 Å². The predicted molar refractivity (Wildman–Crippen MR) is 92.7 cm³/mol. The van der Waals surface area contributed by atoms with E-state index in [2.05, 4.69) is 9.67 Å². The molecule has 0 radical (unpaired) electrons. The van der Waals surface area contributed by atoms with E-state index in [1.165, 1.54) is 6.21 Å². The van der Waals surface area contributed by atoms with Gasteiger partial charge in [-0.1, -0.05) is 12.1 Å². The molecule has 0 aliphatic rings. The summed E-state index contributed by atoms with van der Waals surface area (Å²) in [5.74, 6) is -6.06. The number of rotatable bonds is 4. The molecule has 3 rings (SSSR count). The van der Waals surface area contributed by atoms with Gasteiger partial charge >= 0.3 is 0 Å². The second-order valence-electron chi connectivity index (χ2n) is 5.76. The molecule has 134 valence electrons. The SMILES string of the molecule is Cc1ccc(C)n1-c1ccc(/C=N/Nc2c(F)c(F)cc(F)c2F)cc1. The molecule has 0 aliphatic carbocycles. The summed E-state index contributed by atoms with van der Waals surface area (Å²) in [6.07, 6.45) is 1.29. The first kappa shape index (κ1) is 17.7. The third-order valence-electron chi connectivity index (χ3n) is 3.92. The van der Waals surface area contributed by atoms with Crippen molar-refractivity contribution in [2.24, 2.45) is 5.10 Å². The second-order valence-corrected chi connectivity index (χ2v) is 5.76. The monoisotopic (exact) mass is 361 g/mol. The van der Waals surface area contributed by atoms with E-state index in [1.54, 1.807) is 12.1 Å². The Kier molecular flexibility index (Phi) is 4.79. The summed E-state index contributed by atoms with van der Waals surface area (Å²) < 4.78 is 55.4. The molecule has 2 aromatic carbocycles.